The number of aromatic amines is 1. The van der Waals surface area contributed by atoms with Gasteiger partial charge in [-0.3, -0.25) is 4.79 Å². The molecule has 1 unspecified atom stereocenters. The van der Waals surface area contributed by atoms with Crippen LogP contribution < -0.4 is 16.0 Å². The number of benzene rings is 1. The first kappa shape index (κ1) is 22.6. The number of carbonyl (C=O) groups is 2. The number of H-pyrrole nitrogens is 1. The predicted molar refractivity (Wildman–Crippen MR) is 122 cm³/mol. The highest BCUT2D eigenvalue weighted by Gasteiger charge is 2.23. The third-order valence-electron chi connectivity index (χ3n) is 5.03. The van der Waals surface area contributed by atoms with Crippen molar-refractivity contribution in [2.24, 2.45) is 0 Å². The van der Waals surface area contributed by atoms with E-state index in [1.54, 1.807) is 20.8 Å². The number of nitrogens with one attached hydrogen (secondary N) is 4. The monoisotopic (exact) mass is 478 g/mol. The summed E-state index contributed by atoms with van der Waals surface area (Å²) in [6.07, 6.45) is 3.60. The Labute approximate surface area is 185 Å². The Bertz CT molecular complexity index is 904. The molecule has 1 aliphatic rings. The summed E-state index contributed by atoms with van der Waals surface area (Å²) in [5, 5.41) is 10.2. The summed E-state index contributed by atoms with van der Waals surface area (Å²) in [6.45, 7) is 6.63. The van der Waals surface area contributed by atoms with E-state index in [1.807, 2.05) is 0 Å². The van der Waals surface area contributed by atoms with Gasteiger partial charge in [0.1, 0.15) is 5.60 Å². The van der Waals surface area contributed by atoms with Gasteiger partial charge < -0.3 is 25.7 Å². The molecule has 2 amide bonds. The number of rotatable bonds is 7. The lowest BCUT2D eigenvalue weighted by Crippen LogP contribution is -2.40. The Hall–Kier alpha value is -2.06. The molecule has 1 heterocycles. The average molecular weight is 479 g/mol. The fourth-order valence-electron chi connectivity index (χ4n) is 3.76. The molecule has 4 N–H and O–H groups in total. The van der Waals surface area contributed by atoms with Gasteiger partial charge in [0.15, 0.2) is 0 Å². The summed E-state index contributed by atoms with van der Waals surface area (Å²) < 4.78 is 6.21. The molecular weight excluding hydrogens is 448 g/mol. The molecule has 1 aliphatic carbocycles. The number of amides is 2. The van der Waals surface area contributed by atoms with E-state index in [4.69, 9.17) is 4.74 Å². The third-order valence-corrected chi connectivity index (χ3v) is 5.52. The summed E-state index contributed by atoms with van der Waals surface area (Å²) >= 11 is 3.57. The fourth-order valence-corrected chi connectivity index (χ4v) is 4.12. The molecule has 0 saturated carbocycles. The first-order valence-electron chi connectivity index (χ1n) is 10.5. The van der Waals surface area contributed by atoms with Crippen LogP contribution in [0.4, 0.5) is 4.79 Å². The molecule has 2 aromatic rings. The second kappa shape index (κ2) is 9.83. The van der Waals surface area contributed by atoms with Crippen molar-refractivity contribution in [3.8, 4) is 0 Å². The molecule has 0 fully saturated rings. The summed E-state index contributed by atoms with van der Waals surface area (Å²) in [6, 6.07) is 6.68. The number of ether oxygens (including phenoxy) is 1. The zero-order valence-corrected chi connectivity index (χ0v) is 19.4. The third kappa shape index (κ3) is 6.22. The lowest BCUT2D eigenvalue weighted by atomic mass is 9.91. The molecule has 0 bridgehead atoms. The summed E-state index contributed by atoms with van der Waals surface area (Å²) in [5.74, 6) is -0.220. The molecule has 0 aliphatic heterocycles. The Morgan fingerprint density at radius 1 is 1.23 bits per heavy atom. The Morgan fingerprint density at radius 2 is 2.03 bits per heavy atom. The molecule has 0 saturated heterocycles. The van der Waals surface area contributed by atoms with Gasteiger partial charge in [-0.05, 0) is 76.8 Å². The first-order chi connectivity index (χ1) is 14.2. The molecule has 1 atom stereocenters. The molecule has 164 valence electrons. The number of fused-ring (bicyclic) bond motifs is 3. The van der Waals surface area contributed by atoms with Gasteiger partial charge in [0, 0.05) is 33.7 Å². The number of hydrogen-bond donors (Lipinski definition) is 4. The van der Waals surface area contributed by atoms with E-state index < -0.39 is 11.7 Å². The number of carbonyl (C=O) groups excluding carboxylic acids is 2. The van der Waals surface area contributed by atoms with Crippen molar-refractivity contribution >= 4 is 38.8 Å². The topological polar surface area (TPSA) is 95.2 Å². The maximum atomic E-state index is 11.9. The summed E-state index contributed by atoms with van der Waals surface area (Å²) in [7, 11) is 0. The van der Waals surface area contributed by atoms with Crippen LogP contribution >= 0.6 is 15.9 Å². The van der Waals surface area contributed by atoms with Crippen molar-refractivity contribution < 1.29 is 14.3 Å². The minimum absolute atomic E-state index is 0.0844. The lowest BCUT2D eigenvalue weighted by molar-refractivity contribution is -0.120. The van der Waals surface area contributed by atoms with Crippen molar-refractivity contribution in [2.75, 3.05) is 19.6 Å². The van der Waals surface area contributed by atoms with Crippen LogP contribution in [0.1, 0.15) is 57.3 Å². The van der Waals surface area contributed by atoms with Gasteiger partial charge in [-0.25, -0.2) is 4.79 Å². The van der Waals surface area contributed by atoms with Crippen LogP contribution in [-0.2, 0) is 16.0 Å². The van der Waals surface area contributed by atoms with Crippen molar-refractivity contribution in [1.82, 2.24) is 20.9 Å². The number of alkyl carbamates (subject to hydrolysis) is 1. The van der Waals surface area contributed by atoms with Crippen molar-refractivity contribution in [3.63, 3.8) is 0 Å². The first-order valence-corrected chi connectivity index (χ1v) is 11.3. The highest BCUT2D eigenvalue weighted by molar-refractivity contribution is 9.10. The fraction of sp³-hybridized carbons (Fsp3) is 0.545. The van der Waals surface area contributed by atoms with Crippen LogP contribution in [0.3, 0.4) is 0 Å². The smallest absolute Gasteiger partial charge is 0.408 e. The van der Waals surface area contributed by atoms with Crippen LogP contribution in [0.25, 0.3) is 10.9 Å². The van der Waals surface area contributed by atoms with Gasteiger partial charge >= 0.3 is 6.09 Å². The zero-order chi connectivity index (χ0) is 21.7. The van der Waals surface area contributed by atoms with Gasteiger partial charge in [0.05, 0.1) is 6.54 Å². The van der Waals surface area contributed by atoms with Crippen molar-refractivity contribution in [1.29, 1.82) is 0 Å². The van der Waals surface area contributed by atoms with Gasteiger partial charge in [0.25, 0.3) is 0 Å². The van der Waals surface area contributed by atoms with E-state index >= 15 is 0 Å². The number of halogens is 1. The second-order valence-electron chi connectivity index (χ2n) is 8.67. The van der Waals surface area contributed by atoms with Gasteiger partial charge in [0.2, 0.25) is 5.91 Å². The Balaban J connectivity index is 1.39. The lowest BCUT2D eigenvalue weighted by Gasteiger charge is -2.24. The summed E-state index contributed by atoms with van der Waals surface area (Å²) in [4.78, 5) is 27.0. The molecule has 0 radical (unpaired) electrons. The van der Waals surface area contributed by atoms with Gasteiger partial charge in [-0.1, -0.05) is 15.9 Å². The number of aromatic nitrogens is 1. The van der Waals surface area contributed by atoms with Crippen molar-refractivity contribution in [3.05, 3.63) is 33.9 Å². The molecule has 1 aromatic heterocycles. The molecule has 0 spiro atoms. The largest absolute Gasteiger partial charge is 0.444 e. The zero-order valence-electron chi connectivity index (χ0n) is 17.9. The van der Waals surface area contributed by atoms with E-state index in [0.29, 0.717) is 12.6 Å². The van der Waals surface area contributed by atoms with E-state index in [-0.39, 0.29) is 12.5 Å². The standard InChI is InChI=1S/C22H31BrN4O3/c1-22(2,3)30-21(29)26-13-19(28)25-11-5-10-24-18-7-4-6-15-16-12-14(23)8-9-17(16)27-20(15)18/h8-9,12,18,24,27H,4-7,10-11,13H2,1-3H3,(H,25,28)(H,26,29). The molecule has 30 heavy (non-hydrogen) atoms. The van der Waals surface area contributed by atoms with E-state index in [1.165, 1.54) is 22.2 Å². The highest BCUT2D eigenvalue weighted by Crippen LogP contribution is 2.35. The quantitative estimate of drug-likeness (QED) is 0.453. The minimum atomic E-state index is -0.585. The van der Waals surface area contributed by atoms with Gasteiger partial charge in [-0.15, -0.1) is 0 Å². The maximum Gasteiger partial charge on any atom is 0.408 e. The van der Waals surface area contributed by atoms with Crippen LogP contribution in [-0.4, -0.2) is 42.2 Å². The highest BCUT2D eigenvalue weighted by atomic mass is 79.9. The molecule has 1 aromatic carbocycles. The van der Waals surface area contributed by atoms with Crippen LogP contribution in [0, 0.1) is 0 Å². The SMILES string of the molecule is CC(C)(C)OC(=O)NCC(=O)NCCCNC1CCCc2c1[nH]c1ccc(Br)cc21. The Kier molecular flexibility index (Phi) is 7.41. The Morgan fingerprint density at radius 3 is 2.80 bits per heavy atom. The number of aryl methyl sites for hydroxylation is 1. The van der Waals surface area contributed by atoms with E-state index in [9.17, 15) is 9.59 Å². The molecule has 3 rings (SSSR count). The number of hydrogen-bond acceptors (Lipinski definition) is 4. The molecule has 7 nitrogen and oxygen atoms in total. The minimum Gasteiger partial charge on any atom is -0.444 e. The van der Waals surface area contributed by atoms with Crippen LogP contribution in [0.2, 0.25) is 0 Å². The molecule has 8 heteroatoms. The van der Waals surface area contributed by atoms with Crippen LogP contribution in [0.5, 0.6) is 0 Å². The van der Waals surface area contributed by atoms with Crippen LogP contribution in [0.15, 0.2) is 22.7 Å². The second-order valence-corrected chi connectivity index (χ2v) is 9.58. The molecular formula is C22H31BrN4O3. The van der Waals surface area contributed by atoms with Crippen molar-refractivity contribution in [2.45, 2.75) is 58.1 Å². The predicted octanol–water partition coefficient (Wildman–Crippen LogP) is 3.93. The normalized spacial score (nSPS) is 16.2. The van der Waals surface area contributed by atoms with Gasteiger partial charge in [-0.2, -0.15) is 0 Å². The maximum absolute atomic E-state index is 11.9. The van der Waals surface area contributed by atoms with E-state index in [2.05, 4.69) is 55.1 Å². The summed E-state index contributed by atoms with van der Waals surface area (Å²) in [5.41, 5.74) is 3.31. The average Bonchev–Trinajstić information content (AvgIpc) is 3.03. The van der Waals surface area contributed by atoms with E-state index in [0.717, 1.165) is 36.7 Å².